The summed E-state index contributed by atoms with van der Waals surface area (Å²) in [7, 11) is 0. The van der Waals surface area contributed by atoms with E-state index in [1.807, 2.05) is 6.07 Å². The summed E-state index contributed by atoms with van der Waals surface area (Å²) in [5.74, 6) is 0.00336. The van der Waals surface area contributed by atoms with Gasteiger partial charge in [-0.05, 0) is 29.8 Å². The number of nitriles is 1. The minimum atomic E-state index is -0.288. The van der Waals surface area contributed by atoms with Crippen LogP contribution in [-0.4, -0.2) is 4.98 Å². The van der Waals surface area contributed by atoms with E-state index in [0.29, 0.717) is 11.4 Å². The van der Waals surface area contributed by atoms with Crippen molar-refractivity contribution in [2.45, 2.75) is 6.61 Å². The molecule has 0 aliphatic carbocycles. The Balaban J connectivity index is 2.08. The summed E-state index contributed by atoms with van der Waals surface area (Å²) in [6.45, 7) is 0.256. The predicted octanol–water partition coefficient (Wildman–Crippen LogP) is 2.67. The van der Waals surface area contributed by atoms with E-state index in [0.717, 1.165) is 5.56 Å². The first kappa shape index (κ1) is 11.1. The summed E-state index contributed by atoms with van der Waals surface area (Å²) < 4.78 is 18.1. The van der Waals surface area contributed by atoms with Crippen molar-refractivity contribution in [1.29, 1.82) is 5.26 Å². The summed E-state index contributed by atoms with van der Waals surface area (Å²) in [6, 6.07) is 11.3. The van der Waals surface area contributed by atoms with Crippen molar-refractivity contribution >= 4 is 0 Å². The van der Waals surface area contributed by atoms with E-state index in [9.17, 15) is 4.39 Å². The fraction of sp³-hybridized carbons (Fsp3) is 0.0769. The highest BCUT2D eigenvalue weighted by atomic mass is 19.1. The van der Waals surface area contributed by atoms with Gasteiger partial charge in [0.1, 0.15) is 24.1 Å². The third kappa shape index (κ3) is 2.79. The maximum Gasteiger partial charge on any atom is 0.231 e. The first-order valence-electron chi connectivity index (χ1n) is 5.02. The van der Waals surface area contributed by atoms with E-state index in [4.69, 9.17) is 10.00 Å². The summed E-state index contributed by atoms with van der Waals surface area (Å²) in [5, 5.41) is 8.83. The van der Waals surface area contributed by atoms with Crippen molar-refractivity contribution in [2.75, 3.05) is 0 Å². The minimum absolute atomic E-state index is 0.256. The molecule has 0 amide bonds. The van der Waals surface area contributed by atoms with Crippen LogP contribution < -0.4 is 4.74 Å². The molecule has 17 heavy (non-hydrogen) atoms. The smallest absolute Gasteiger partial charge is 0.231 e. The molecule has 0 aliphatic heterocycles. The largest absolute Gasteiger partial charge is 0.472 e. The highest BCUT2D eigenvalue weighted by Gasteiger charge is 2.03. The fourth-order valence-electron chi connectivity index (χ4n) is 1.32. The van der Waals surface area contributed by atoms with Crippen molar-refractivity contribution in [2.24, 2.45) is 0 Å². The van der Waals surface area contributed by atoms with Crippen LogP contribution in [0.3, 0.4) is 0 Å². The van der Waals surface area contributed by atoms with Crippen LogP contribution in [0.15, 0.2) is 42.6 Å². The van der Waals surface area contributed by atoms with Gasteiger partial charge in [0.25, 0.3) is 0 Å². The van der Waals surface area contributed by atoms with Crippen LogP contribution in [0.25, 0.3) is 0 Å². The molecule has 2 aromatic rings. The van der Waals surface area contributed by atoms with Crippen LogP contribution >= 0.6 is 0 Å². The van der Waals surface area contributed by atoms with Gasteiger partial charge in [-0.1, -0.05) is 12.1 Å². The number of rotatable bonds is 3. The molecule has 3 nitrogen and oxygen atoms in total. The van der Waals surface area contributed by atoms with Gasteiger partial charge < -0.3 is 4.74 Å². The summed E-state index contributed by atoms with van der Waals surface area (Å²) in [5.41, 5.74) is 1.20. The molecule has 0 radical (unpaired) electrons. The minimum Gasteiger partial charge on any atom is -0.472 e. The Labute approximate surface area is 98.1 Å². The van der Waals surface area contributed by atoms with E-state index in [1.165, 1.54) is 12.1 Å². The first-order chi connectivity index (χ1) is 8.29. The van der Waals surface area contributed by atoms with Crippen LogP contribution in [-0.2, 0) is 6.61 Å². The van der Waals surface area contributed by atoms with Gasteiger partial charge in [0, 0.05) is 6.20 Å². The van der Waals surface area contributed by atoms with Crippen molar-refractivity contribution in [1.82, 2.24) is 4.98 Å². The second kappa shape index (κ2) is 5.08. The van der Waals surface area contributed by atoms with Gasteiger partial charge in [-0.3, -0.25) is 0 Å². The summed E-state index contributed by atoms with van der Waals surface area (Å²) in [6.07, 6.45) is 1.56. The Hall–Kier alpha value is -2.41. The number of aromatic nitrogens is 1. The Morgan fingerprint density at radius 3 is 2.71 bits per heavy atom. The molecule has 0 N–H and O–H groups in total. The van der Waals surface area contributed by atoms with Gasteiger partial charge in [-0.2, -0.15) is 5.26 Å². The highest BCUT2D eigenvalue weighted by Crippen LogP contribution is 2.14. The molecule has 0 bridgehead atoms. The van der Waals surface area contributed by atoms with E-state index in [-0.39, 0.29) is 12.4 Å². The zero-order valence-corrected chi connectivity index (χ0v) is 8.93. The number of benzene rings is 1. The lowest BCUT2D eigenvalue weighted by molar-refractivity contribution is 0.293. The topological polar surface area (TPSA) is 45.9 Å². The third-order valence-corrected chi connectivity index (χ3v) is 2.18. The average molecular weight is 228 g/mol. The zero-order chi connectivity index (χ0) is 12.1. The van der Waals surface area contributed by atoms with Gasteiger partial charge in [0.05, 0.1) is 0 Å². The third-order valence-electron chi connectivity index (χ3n) is 2.18. The molecule has 0 saturated heterocycles. The zero-order valence-electron chi connectivity index (χ0n) is 8.93. The molecule has 1 aromatic heterocycles. The lowest BCUT2D eigenvalue weighted by Gasteiger charge is -2.06. The van der Waals surface area contributed by atoms with Gasteiger partial charge >= 0.3 is 0 Å². The maximum absolute atomic E-state index is 12.7. The number of hydrogen-bond donors (Lipinski definition) is 0. The summed E-state index contributed by atoms with van der Waals surface area (Å²) >= 11 is 0. The highest BCUT2D eigenvalue weighted by molar-refractivity contribution is 5.37. The number of halogens is 1. The second-order valence-corrected chi connectivity index (χ2v) is 3.38. The molecule has 0 aliphatic rings. The molecule has 2 rings (SSSR count). The maximum atomic E-state index is 12.7. The molecular weight excluding hydrogens is 219 g/mol. The molecule has 1 aromatic carbocycles. The Kier molecular flexibility index (Phi) is 3.31. The molecule has 1 heterocycles. The van der Waals surface area contributed by atoms with Crippen LogP contribution in [0, 0.1) is 17.1 Å². The summed E-state index contributed by atoms with van der Waals surface area (Å²) in [4.78, 5) is 3.96. The Bertz CT molecular complexity index is 546. The van der Waals surface area contributed by atoms with E-state index < -0.39 is 0 Å². The lowest BCUT2D eigenvalue weighted by atomic mass is 10.2. The Morgan fingerprint density at radius 2 is 2.00 bits per heavy atom. The van der Waals surface area contributed by atoms with Gasteiger partial charge in [-0.25, -0.2) is 9.37 Å². The fourth-order valence-corrected chi connectivity index (χ4v) is 1.32. The average Bonchev–Trinajstić information content (AvgIpc) is 2.38. The van der Waals surface area contributed by atoms with Crippen LogP contribution in [0.5, 0.6) is 5.88 Å². The monoisotopic (exact) mass is 228 g/mol. The molecule has 0 fully saturated rings. The molecule has 4 heteroatoms. The van der Waals surface area contributed by atoms with Gasteiger partial charge in [-0.15, -0.1) is 0 Å². The number of ether oxygens (including phenoxy) is 1. The quantitative estimate of drug-likeness (QED) is 0.811. The van der Waals surface area contributed by atoms with Crippen LogP contribution in [0.2, 0.25) is 0 Å². The van der Waals surface area contributed by atoms with Crippen molar-refractivity contribution < 1.29 is 9.13 Å². The normalized spacial score (nSPS) is 9.65. The van der Waals surface area contributed by atoms with Crippen LogP contribution in [0.4, 0.5) is 4.39 Å². The number of nitrogens with zero attached hydrogens (tertiary/aromatic N) is 2. The standard InChI is InChI=1S/C13H9FN2O/c14-12-5-3-10(4-6-12)9-17-13-11(8-15)2-1-7-16-13/h1-7H,9H2. The first-order valence-corrected chi connectivity index (χ1v) is 5.02. The van der Waals surface area contributed by atoms with Gasteiger partial charge in [0.2, 0.25) is 5.88 Å². The van der Waals surface area contributed by atoms with E-state index in [1.54, 1.807) is 30.5 Å². The molecule has 0 unspecified atom stereocenters. The van der Waals surface area contributed by atoms with Gasteiger partial charge in [0.15, 0.2) is 0 Å². The number of pyridine rings is 1. The molecular formula is C13H9FN2O. The van der Waals surface area contributed by atoms with Crippen molar-refractivity contribution in [3.8, 4) is 11.9 Å². The van der Waals surface area contributed by atoms with Crippen molar-refractivity contribution in [3.05, 3.63) is 59.5 Å². The van der Waals surface area contributed by atoms with E-state index in [2.05, 4.69) is 4.98 Å². The molecule has 0 saturated carbocycles. The lowest BCUT2D eigenvalue weighted by Crippen LogP contribution is -1.99. The number of hydrogen-bond acceptors (Lipinski definition) is 3. The van der Waals surface area contributed by atoms with E-state index >= 15 is 0 Å². The SMILES string of the molecule is N#Cc1cccnc1OCc1ccc(F)cc1. The molecule has 0 spiro atoms. The predicted molar refractivity (Wildman–Crippen MR) is 59.7 cm³/mol. The Morgan fingerprint density at radius 1 is 1.24 bits per heavy atom. The molecule has 0 atom stereocenters. The van der Waals surface area contributed by atoms with Crippen LogP contribution in [0.1, 0.15) is 11.1 Å². The molecule has 84 valence electrons. The second-order valence-electron chi connectivity index (χ2n) is 3.38. The van der Waals surface area contributed by atoms with Crippen molar-refractivity contribution in [3.63, 3.8) is 0 Å².